The fraction of sp³-hybridized carbons (Fsp3) is 0.769. The highest BCUT2D eigenvalue weighted by molar-refractivity contribution is 5.14. The molecule has 0 spiro atoms. The smallest absolute Gasteiger partial charge is 0.0950 e. The van der Waals surface area contributed by atoms with Gasteiger partial charge in [-0.1, -0.05) is 0 Å². The second-order valence-electron chi connectivity index (χ2n) is 5.76. The number of nitrogens with zero attached hydrogens (tertiary/aromatic N) is 2. The molecule has 1 N–H and O–H groups in total. The van der Waals surface area contributed by atoms with Gasteiger partial charge in [0, 0.05) is 35.9 Å². The Kier molecular flexibility index (Phi) is 1.92. The number of imidazole rings is 1. The van der Waals surface area contributed by atoms with Gasteiger partial charge in [-0.25, -0.2) is 4.98 Å². The molecule has 0 amide bonds. The summed E-state index contributed by atoms with van der Waals surface area (Å²) in [4.78, 5) is 4.37. The van der Waals surface area contributed by atoms with Crippen molar-refractivity contribution in [3.63, 3.8) is 0 Å². The van der Waals surface area contributed by atoms with E-state index in [1.807, 2.05) is 0 Å². The molecule has 0 aromatic carbocycles. The lowest BCUT2D eigenvalue weighted by molar-refractivity contribution is 0.294. The molecule has 2 unspecified atom stereocenters. The highest BCUT2D eigenvalue weighted by Gasteiger charge is 2.36. The first-order valence-corrected chi connectivity index (χ1v) is 6.68. The molecule has 2 atom stereocenters. The van der Waals surface area contributed by atoms with Gasteiger partial charge in [0.25, 0.3) is 0 Å². The zero-order chi connectivity index (χ0) is 10.5. The third-order valence-electron chi connectivity index (χ3n) is 4.53. The summed E-state index contributed by atoms with van der Waals surface area (Å²) in [7, 11) is 0. The number of aromatic nitrogens is 2. The van der Waals surface area contributed by atoms with Gasteiger partial charge in [0.05, 0.1) is 6.33 Å². The molecular weight excluding hydrogens is 198 g/mol. The van der Waals surface area contributed by atoms with E-state index < -0.39 is 0 Å². The first-order chi connectivity index (χ1) is 7.90. The molecule has 1 aromatic rings. The van der Waals surface area contributed by atoms with Crippen molar-refractivity contribution in [1.29, 1.82) is 0 Å². The molecule has 1 aromatic heterocycles. The first-order valence-electron chi connectivity index (χ1n) is 6.68. The Bertz CT molecular complexity index is 382. The average Bonchev–Trinajstić information content (AvgIpc) is 2.94. The van der Waals surface area contributed by atoms with E-state index in [2.05, 4.69) is 27.4 Å². The molecule has 3 nitrogen and oxygen atoms in total. The predicted molar refractivity (Wildman–Crippen MR) is 62.4 cm³/mol. The molecule has 1 saturated carbocycles. The molecule has 86 valence electrons. The Morgan fingerprint density at radius 1 is 1.12 bits per heavy atom. The van der Waals surface area contributed by atoms with Gasteiger partial charge in [0.15, 0.2) is 0 Å². The highest BCUT2D eigenvalue weighted by Crippen LogP contribution is 2.43. The Morgan fingerprint density at radius 2 is 1.88 bits per heavy atom. The standard InChI is InChI=1S/C13H19N3/c1-2-9(1)13-7-14-8-16(13)12-5-10-3-4-11(6-12)15-10/h7-12,15H,1-6H2. The van der Waals surface area contributed by atoms with Crippen molar-refractivity contribution in [3.8, 4) is 0 Å². The summed E-state index contributed by atoms with van der Waals surface area (Å²) in [5.74, 6) is 0.829. The Labute approximate surface area is 96.3 Å². The molecule has 4 rings (SSSR count). The van der Waals surface area contributed by atoms with Crippen LogP contribution < -0.4 is 5.32 Å². The van der Waals surface area contributed by atoms with Gasteiger partial charge in [-0.3, -0.25) is 0 Å². The number of hydrogen-bond acceptors (Lipinski definition) is 2. The van der Waals surface area contributed by atoms with Crippen molar-refractivity contribution in [2.45, 2.75) is 62.6 Å². The van der Waals surface area contributed by atoms with Crippen LogP contribution in [0.2, 0.25) is 0 Å². The van der Waals surface area contributed by atoms with E-state index in [-0.39, 0.29) is 0 Å². The summed E-state index contributed by atoms with van der Waals surface area (Å²) < 4.78 is 2.49. The van der Waals surface area contributed by atoms with Crippen LogP contribution in [0, 0.1) is 0 Å². The average molecular weight is 217 g/mol. The van der Waals surface area contributed by atoms with E-state index in [4.69, 9.17) is 0 Å². The highest BCUT2D eigenvalue weighted by atomic mass is 15.1. The van der Waals surface area contributed by atoms with Crippen LogP contribution in [0.1, 0.15) is 56.2 Å². The normalized spacial score (nSPS) is 37.9. The minimum absolute atomic E-state index is 0.719. The van der Waals surface area contributed by atoms with E-state index in [1.54, 1.807) is 0 Å². The number of hydrogen-bond donors (Lipinski definition) is 1. The lowest BCUT2D eigenvalue weighted by atomic mass is 9.99. The second kappa shape index (κ2) is 3.33. The monoisotopic (exact) mass is 217 g/mol. The first kappa shape index (κ1) is 9.23. The van der Waals surface area contributed by atoms with Gasteiger partial charge in [-0.05, 0) is 38.5 Å². The largest absolute Gasteiger partial charge is 0.331 e. The number of piperidine rings is 1. The molecule has 3 heterocycles. The fourth-order valence-electron chi connectivity index (χ4n) is 3.57. The minimum Gasteiger partial charge on any atom is -0.331 e. The topological polar surface area (TPSA) is 29.9 Å². The van der Waals surface area contributed by atoms with Gasteiger partial charge >= 0.3 is 0 Å². The SMILES string of the molecule is c1ncn(C2CC3CCC(C2)N3)c1C1CC1. The van der Waals surface area contributed by atoms with Gasteiger partial charge in [-0.2, -0.15) is 0 Å². The molecule has 3 aliphatic rings. The molecule has 3 heteroatoms. The minimum atomic E-state index is 0.719. The predicted octanol–water partition coefficient (Wildman–Crippen LogP) is 2.22. The van der Waals surface area contributed by atoms with Crippen molar-refractivity contribution in [1.82, 2.24) is 14.9 Å². The quantitative estimate of drug-likeness (QED) is 0.823. The van der Waals surface area contributed by atoms with Gasteiger partial charge < -0.3 is 9.88 Å². The van der Waals surface area contributed by atoms with E-state index in [0.717, 1.165) is 24.0 Å². The maximum atomic E-state index is 4.37. The molecule has 2 saturated heterocycles. The van der Waals surface area contributed by atoms with Crippen molar-refractivity contribution in [2.24, 2.45) is 0 Å². The third kappa shape index (κ3) is 1.41. The molecular formula is C13H19N3. The fourth-order valence-corrected chi connectivity index (χ4v) is 3.57. The molecule has 2 bridgehead atoms. The summed E-state index contributed by atoms with van der Waals surface area (Å²) in [6.07, 6.45) is 12.3. The summed E-state index contributed by atoms with van der Waals surface area (Å²) >= 11 is 0. The van der Waals surface area contributed by atoms with Crippen molar-refractivity contribution in [2.75, 3.05) is 0 Å². The Balaban J connectivity index is 1.62. The van der Waals surface area contributed by atoms with Crippen LogP contribution in [0.3, 0.4) is 0 Å². The zero-order valence-electron chi connectivity index (χ0n) is 9.60. The van der Waals surface area contributed by atoms with Crippen LogP contribution in [0.25, 0.3) is 0 Å². The van der Waals surface area contributed by atoms with Crippen molar-refractivity contribution in [3.05, 3.63) is 18.2 Å². The van der Waals surface area contributed by atoms with E-state index in [1.165, 1.54) is 44.2 Å². The Morgan fingerprint density at radius 3 is 2.56 bits per heavy atom. The van der Waals surface area contributed by atoms with E-state index >= 15 is 0 Å². The van der Waals surface area contributed by atoms with E-state index in [0.29, 0.717) is 0 Å². The number of fused-ring (bicyclic) bond motifs is 2. The van der Waals surface area contributed by atoms with E-state index in [9.17, 15) is 0 Å². The van der Waals surface area contributed by atoms with Crippen LogP contribution in [0.5, 0.6) is 0 Å². The number of nitrogens with one attached hydrogen (secondary N) is 1. The van der Waals surface area contributed by atoms with Gasteiger partial charge in [-0.15, -0.1) is 0 Å². The maximum Gasteiger partial charge on any atom is 0.0950 e. The maximum absolute atomic E-state index is 4.37. The van der Waals surface area contributed by atoms with Crippen LogP contribution in [-0.2, 0) is 0 Å². The molecule has 1 aliphatic carbocycles. The van der Waals surface area contributed by atoms with Crippen LogP contribution in [0.15, 0.2) is 12.5 Å². The molecule has 0 radical (unpaired) electrons. The molecule has 2 aliphatic heterocycles. The molecule has 3 fully saturated rings. The number of rotatable bonds is 2. The summed E-state index contributed by atoms with van der Waals surface area (Å²) in [5, 5.41) is 3.71. The Hall–Kier alpha value is -0.830. The van der Waals surface area contributed by atoms with Crippen molar-refractivity contribution >= 4 is 0 Å². The van der Waals surface area contributed by atoms with Gasteiger partial charge in [0.1, 0.15) is 0 Å². The summed E-state index contributed by atoms with van der Waals surface area (Å²) in [6.45, 7) is 0. The van der Waals surface area contributed by atoms with Crippen LogP contribution in [-0.4, -0.2) is 21.6 Å². The zero-order valence-corrected chi connectivity index (χ0v) is 9.60. The second-order valence-corrected chi connectivity index (χ2v) is 5.76. The summed E-state index contributed by atoms with van der Waals surface area (Å²) in [5.41, 5.74) is 1.51. The molecule has 16 heavy (non-hydrogen) atoms. The van der Waals surface area contributed by atoms with Crippen LogP contribution in [0.4, 0.5) is 0 Å². The van der Waals surface area contributed by atoms with Crippen LogP contribution >= 0.6 is 0 Å². The lowest BCUT2D eigenvalue weighted by Gasteiger charge is -2.31. The third-order valence-corrected chi connectivity index (χ3v) is 4.53. The summed E-state index contributed by atoms with van der Waals surface area (Å²) in [6, 6.07) is 2.27. The van der Waals surface area contributed by atoms with Crippen molar-refractivity contribution < 1.29 is 0 Å². The lowest BCUT2D eigenvalue weighted by Crippen LogP contribution is -2.39. The van der Waals surface area contributed by atoms with Gasteiger partial charge in [0.2, 0.25) is 0 Å².